The minimum absolute atomic E-state index is 0.248. The Balaban J connectivity index is 2.47. The Hall–Kier alpha value is -1.32. The summed E-state index contributed by atoms with van der Waals surface area (Å²) in [6.45, 7) is 0. The van der Waals surface area contributed by atoms with Gasteiger partial charge in [0, 0.05) is 5.56 Å². The highest BCUT2D eigenvalue weighted by molar-refractivity contribution is 7.08. The number of hydrogen-bond donors (Lipinski definition) is 1. The number of aliphatic imine (C=N–C) groups is 1. The molecule has 0 spiro atoms. The third kappa shape index (κ3) is 2.43. The van der Waals surface area contributed by atoms with Crippen molar-refractivity contribution in [3.8, 4) is 11.1 Å². The molecule has 1 heterocycles. The molecule has 2 rings (SSSR count). The number of nitrogens with zero attached hydrogens (tertiary/aromatic N) is 1. The molecule has 0 amide bonds. The van der Waals surface area contributed by atoms with Crippen LogP contribution in [0.25, 0.3) is 11.1 Å². The Bertz CT molecular complexity index is 491. The van der Waals surface area contributed by atoms with Crippen LogP contribution in [0.5, 0.6) is 0 Å². The molecule has 82 valence electrons. The van der Waals surface area contributed by atoms with Gasteiger partial charge in [-0.1, -0.05) is 18.2 Å². The molecule has 0 saturated carbocycles. The zero-order valence-electron chi connectivity index (χ0n) is 8.56. The summed E-state index contributed by atoms with van der Waals surface area (Å²) in [5.74, 6) is 0.683. The molecule has 2 nitrogen and oxygen atoms in total. The lowest BCUT2D eigenvalue weighted by molar-refractivity contribution is 1.45. The summed E-state index contributed by atoms with van der Waals surface area (Å²) in [5.41, 5.74) is 8.75. The molecule has 1 aromatic heterocycles. The van der Waals surface area contributed by atoms with Crippen LogP contribution in [0.1, 0.15) is 0 Å². The maximum absolute atomic E-state index is 5.65. The zero-order chi connectivity index (χ0) is 11.4. The summed E-state index contributed by atoms with van der Waals surface area (Å²) in [6, 6.07) is 9.96. The quantitative estimate of drug-likeness (QED) is 0.504. The van der Waals surface area contributed by atoms with E-state index in [0.717, 1.165) is 16.8 Å². The highest BCUT2D eigenvalue weighted by Crippen LogP contribution is 2.31. The zero-order valence-corrected chi connectivity index (χ0v) is 10.1. The summed E-state index contributed by atoms with van der Waals surface area (Å²) in [7, 11) is 0. The van der Waals surface area contributed by atoms with E-state index in [0.29, 0.717) is 5.84 Å². The van der Waals surface area contributed by atoms with Gasteiger partial charge in [-0.2, -0.15) is 11.3 Å². The highest BCUT2D eigenvalue weighted by atomic mass is 35.5. The number of nitrogens with two attached hydrogens (primary N) is 1. The Kier molecular flexibility index (Phi) is 3.59. The average Bonchev–Trinajstić information content (AvgIpc) is 2.83. The van der Waals surface area contributed by atoms with E-state index in [4.69, 9.17) is 17.3 Å². The maximum atomic E-state index is 5.65. The van der Waals surface area contributed by atoms with Gasteiger partial charge in [-0.25, -0.2) is 4.99 Å². The second-order valence-electron chi connectivity index (χ2n) is 3.27. The molecule has 0 aliphatic rings. The van der Waals surface area contributed by atoms with Crippen molar-refractivity contribution >= 4 is 34.5 Å². The third-order valence-corrected chi connectivity index (χ3v) is 3.09. The monoisotopic (exact) mass is 250 g/mol. The van der Waals surface area contributed by atoms with E-state index in [9.17, 15) is 0 Å². The lowest BCUT2D eigenvalue weighted by Gasteiger charge is -2.03. The largest absolute Gasteiger partial charge is 0.386 e. The van der Waals surface area contributed by atoms with Crippen LogP contribution in [0.2, 0.25) is 0 Å². The molecule has 4 heteroatoms. The van der Waals surface area contributed by atoms with Gasteiger partial charge in [0.2, 0.25) is 0 Å². The number of rotatable bonds is 3. The Labute approximate surface area is 103 Å². The topological polar surface area (TPSA) is 38.4 Å². The first-order valence-corrected chi connectivity index (χ1v) is 6.29. The van der Waals surface area contributed by atoms with E-state index in [1.54, 1.807) is 11.3 Å². The fourth-order valence-corrected chi connectivity index (χ4v) is 2.13. The molecule has 0 unspecified atom stereocenters. The van der Waals surface area contributed by atoms with Crippen molar-refractivity contribution in [3.63, 3.8) is 0 Å². The van der Waals surface area contributed by atoms with Crippen LogP contribution in [-0.4, -0.2) is 11.7 Å². The van der Waals surface area contributed by atoms with Crippen molar-refractivity contribution in [1.29, 1.82) is 0 Å². The molecule has 0 aliphatic carbocycles. The number of thiophene rings is 1. The average molecular weight is 251 g/mol. The van der Waals surface area contributed by atoms with Crippen molar-refractivity contribution < 1.29 is 0 Å². The summed E-state index contributed by atoms with van der Waals surface area (Å²) >= 11 is 7.29. The van der Waals surface area contributed by atoms with Crippen molar-refractivity contribution in [2.75, 3.05) is 5.88 Å². The first-order valence-electron chi connectivity index (χ1n) is 4.82. The predicted octanol–water partition coefficient (Wildman–Crippen LogP) is 3.64. The van der Waals surface area contributed by atoms with Gasteiger partial charge in [-0.3, -0.25) is 0 Å². The molecular weight excluding hydrogens is 240 g/mol. The van der Waals surface area contributed by atoms with Gasteiger partial charge >= 0.3 is 0 Å². The van der Waals surface area contributed by atoms with Gasteiger partial charge in [0.25, 0.3) is 0 Å². The summed E-state index contributed by atoms with van der Waals surface area (Å²) < 4.78 is 0. The maximum Gasteiger partial charge on any atom is 0.115 e. The number of halogens is 1. The molecule has 1 aromatic carbocycles. The molecule has 0 saturated heterocycles. The summed E-state index contributed by atoms with van der Waals surface area (Å²) in [4.78, 5) is 4.30. The normalized spacial score (nSPS) is 11.7. The van der Waals surface area contributed by atoms with E-state index in [1.165, 1.54) is 0 Å². The van der Waals surface area contributed by atoms with Gasteiger partial charge < -0.3 is 5.73 Å². The van der Waals surface area contributed by atoms with E-state index in [-0.39, 0.29) is 5.88 Å². The van der Waals surface area contributed by atoms with Gasteiger partial charge in [0.1, 0.15) is 5.84 Å². The lowest BCUT2D eigenvalue weighted by atomic mass is 10.1. The lowest BCUT2D eigenvalue weighted by Crippen LogP contribution is -2.12. The minimum Gasteiger partial charge on any atom is -0.386 e. The number of para-hydroxylation sites is 1. The van der Waals surface area contributed by atoms with Crippen LogP contribution in [0.3, 0.4) is 0 Å². The molecule has 0 aliphatic heterocycles. The summed E-state index contributed by atoms with van der Waals surface area (Å²) in [5, 5.41) is 4.13. The standard InChI is InChI=1S/C12H11ClN2S/c13-7-12(14)15-11-4-2-1-3-10(11)9-5-6-16-8-9/h1-6,8H,7H2,(H2,14,15). The van der Waals surface area contributed by atoms with Gasteiger partial charge in [-0.15, -0.1) is 11.6 Å². The Morgan fingerprint density at radius 1 is 1.31 bits per heavy atom. The molecule has 0 bridgehead atoms. The number of hydrogen-bond acceptors (Lipinski definition) is 2. The van der Waals surface area contributed by atoms with Crippen LogP contribution >= 0.6 is 22.9 Å². The first-order chi connectivity index (χ1) is 7.81. The van der Waals surface area contributed by atoms with Crippen molar-refractivity contribution in [2.45, 2.75) is 0 Å². The predicted molar refractivity (Wildman–Crippen MR) is 71.8 cm³/mol. The summed E-state index contributed by atoms with van der Waals surface area (Å²) in [6.07, 6.45) is 0. The van der Waals surface area contributed by atoms with Crippen molar-refractivity contribution in [1.82, 2.24) is 0 Å². The van der Waals surface area contributed by atoms with Gasteiger partial charge in [0.05, 0.1) is 11.6 Å². The SMILES string of the molecule is NC(CCl)=Nc1ccccc1-c1ccsc1. The third-order valence-electron chi connectivity index (χ3n) is 2.14. The van der Waals surface area contributed by atoms with Crippen LogP contribution in [0.15, 0.2) is 46.1 Å². The number of benzene rings is 1. The minimum atomic E-state index is 0.248. The second-order valence-corrected chi connectivity index (χ2v) is 4.31. The van der Waals surface area contributed by atoms with E-state index in [2.05, 4.69) is 16.4 Å². The van der Waals surface area contributed by atoms with E-state index < -0.39 is 0 Å². The molecule has 2 aromatic rings. The molecule has 16 heavy (non-hydrogen) atoms. The molecule has 2 N–H and O–H groups in total. The fourth-order valence-electron chi connectivity index (χ4n) is 1.42. The second kappa shape index (κ2) is 5.14. The smallest absolute Gasteiger partial charge is 0.115 e. The van der Waals surface area contributed by atoms with Crippen LogP contribution in [-0.2, 0) is 0 Å². The van der Waals surface area contributed by atoms with Crippen molar-refractivity contribution in [3.05, 3.63) is 41.1 Å². The van der Waals surface area contributed by atoms with Crippen LogP contribution < -0.4 is 5.73 Å². The number of alkyl halides is 1. The molecule has 0 atom stereocenters. The van der Waals surface area contributed by atoms with Crippen LogP contribution in [0, 0.1) is 0 Å². The van der Waals surface area contributed by atoms with Gasteiger partial charge in [-0.05, 0) is 28.5 Å². The molecule has 0 fully saturated rings. The first kappa shape index (κ1) is 11.2. The molecule has 0 radical (unpaired) electrons. The van der Waals surface area contributed by atoms with Crippen LogP contribution in [0.4, 0.5) is 5.69 Å². The number of amidine groups is 1. The molecular formula is C12H11ClN2S. The Morgan fingerprint density at radius 2 is 2.12 bits per heavy atom. The van der Waals surface area contributed by atoms with Crippen molar-refractivity contribution in [2.24, 2.45) is 10.7 Å². The van der Waals surface area contributed by atoms with E-state index >= 15 is 0 Å². The van der Waals surface area contributed by atoms with E-state index in [1.807, 2.05) is 29.6 Å². The Morgan fingerprint density at radius 3 is 2.81 bits per heavy atom. The fraction of sp³-hybridized carbons (Fsp3) is 0.0833. The highest BCUT2D eigenvalue weighted by Gasteiger charge is 2.04. The van der Waals surface area contributed by atoms with Gasteiger partial charge in [0.15, 0.2) is 0 Å².